The van der Waals surface area contributed by atoms with Crippen LogP contribution in [-0.2, 0) is 11.0 Å². The van der Waals surface area contributed by atoms with Crippen LogP contribution in [0, 0.1) is 0 Å². The van der Waals surface area contributed by atoms with Crippen LogP contribution in [0.3, 0.4) is 0 Å². The number of piperazine rings is 1. The highest BCUT2D eigenvalue weighted by Crippen LogP contribution is 2.30. The lowest BCUT2D eigenvalue weighted by Crippen LogP contribution is -2.48. The number of aromatic nitrogens is 2. The first-order chi connectivity index (χ1) is 9.40. The smallest absolute Gasteiger partial charge is 0.354 e. The van der Waals surface area contributed by atoms with Gasteiger partial charge in [0.2, 0.25) is 11.9 Å². The molecule has 1 aromatic heterocycles. The first-order valence-electron chi connectivity index (χ1n) is 6.12. The van der Waals surface area contributed by atoms with E-state index in [1.54, 1.807) is 6.92 Å². The maximum absolute atomic E-state index is 12.8. The number of nitrogens with one attached hydrogen (secondary N) is 2. The van der Waals surface area contributed by atoms with E-state index in [1.807, 2.05) is 0 Å². The molecular weight excluding hydrogens is 275 g/mol. The Bertz CT molecular complexity index is 505. The van der Waals surface area contributed by atoms with Crippen molar-refractivity contribution < 1.29 is 18.0 Å². The fraction of sp³-hybridized carbons (Fsp3) is 0.545. The summed E-state index contributed by atoms with van der Waals surface area (Å²) >= 11 is 0. The number of anilines is 2. The van der Waals surface area contributed by atoms with E-state index in [4.69, 9.17) is 0 Å². The Morgan fingerprint density at radius 3 is 2.80 bits per heavy atom. The van der Waals surface area contributed by atoms with Gasteiger partial charge < -0.3 is 15.5 Å². The van der Waals surface area contributed by atoms with Gasteiger partial charge in [0.05, 0.1) is 6.54 Å². The monoisotopic (exact) mass is 289 g/mol. The van der Waals surface area contributed by atoms with Gasteiger partial charge in [-0.1, -0.05) is 0 Å². The molecule has 6 nitrogen and oxygen atoms in total. The largest absolute Gasteiger partial charge is 0.433 e. The van der Waals surface area contributed by atoms with Crippen molar-refractivity contribution in [1.29, 1.82) is 0 Å². The number of amides is 1. The van der Waals surface area contributed by atoms with Gasteiger partial charge in [0.1, 0.15) is 5.82 Å². The van der Waals surface area contributed by atoms with Crippen LogP contribution in [0.15, 0.2) is 6.07 Å². The lowest BCUT2D eigenvalue weighted by Gasteiger charge is -2.28. The van der Waals surface area contributed by atoms with Crippen molar-refractivity contribution in [1.82, 2.24) is 15.3 Å². The van der Waals surface area contributed by atoms with E-state index in [-0.39, 0.29) is 24.2 Å². The summed E-state index contributed by atoms with van der Waals surface area (Å²) in [5.41, 5.74) is -1.02. The maximum atomic E-state index is 12.8. The van der Waals surface area contributed by atoms with Crippen molar-refractivity contribution in [2.75, 3.05) is 36.4 Å². The molecule has 2 rings (SSSR count). The third-order valence-corrected chi connectivity index (χ3v) is 2.70. The van der Waals surface area contributed by atoms with Crippen LogP contribution in [0.5, 0.6) is 0 Å². The average molecular weight is 289 g/mol. The summed E-state index contributed by atoms with van der Waals surface area (Å²) in [6.45, 7) is 2.91. The molecule has 0 spiro atoms. The van der Waals surface area contributed by atoms with Crippen molar-refractivity contribution in [3.63, 3.8) is 0 Å². The van der Waals surface area contributed by atoms with Gasteiger partial charge in [-0.05, 0) is 6.92 Å². The van der Waals surface area contributed by atoms with Crippen LogP contribution >= 0.6 is 0 Å². The molecule has 1 aromatic rings. The number of alkyl halides is 3. The Hall–Kier alpha value is -2.06. The molecule has 2 N–H and O–H groups in total. The zero-order valence-corrected chi connectivity index (χ0v) is 10.8. The number of hydrogen-bond acceptors (Lipinski definition) is 5. The fourth-order valence-electron chi connectivity index (χ4n) is 1.81. The van der Waals surface area contributed by atoms with E-state index in [0.717, 1.165) is 6.07 Å². The van der Waals surface area contributed by atoms with Crippen LogP contribution in [0.1, 0.15) is 12.6 Å². The molecule has 0 atom stereocenters. The number of carbonyl (C=O) groups is 1. The van der Waals surface area contributed by atoms with Crippen LogP contribution < -0.4 is 15.5 Å². The molecule has 0 aliphatic carbocycles. The molecule has 0 saturated carbocycles. The molecule has 1 amide bonds. The molecule has 110 valence electrons. The molecule has 0 bridgehead atoms. The predicted octanol–water partition coefficient (Wildman–Crippen LogP) is 0.863. The molecule has 0 aromatic carbocycles. The summed E-state index contributed by atoms with van der Waals surface area (Å²) in [5.74, 6) is -0.241. The van der Waals surface area contributed by atoms with Gasteiger partial charge in [-0.2, -0.15) is 18.2 Å². The molecule has 1 fully saturated rings. The summed E-state index contributed by atoms with van der Waals surface area (Å²) in [5, 5.41) is 5.27. The Kier molecular flexibility index (Phi) is 3.96. The fourth-order valence-corrected chi connectivity index (χ4v) is 1.81. The first-order valence-corrected chi connectivity index (χ1v) is 6.12. The molecule has 2 heterocycles. The van der Waals surface area contributed by atoms with Crippen molar-refractivity contribution in [3.05, 3.63) is 11.8 Å². The van der Waals surface area contributed by atoms with Crippen LogP contribution in [0.2, 0.25) is 0 Å². The second-order valence-corrected chi connectivity index (χ2v) is 4.23. The molecule has 1 aliphatic heterocycles. The normalized spacial score (nSPS) is 16.0. The third kappa shape index (κ3) is 3.28. The van der Waals surface area contributed by atoms with E-state index in [9.17, 15) is 18.0 Å². The Morgan fingerprint density at radius 2 is 2.20 bits per heavy atom. The van der Waals surface area contributed by atoms with Gasteiger partial charge in [-0.25, -0.2) is 4.98 Å². The number of halogens is 3. The third-order valence-electron chi connectivity index (χ3n) is 2.70. The van der Waals surface area contributed by atoms with Crippen molar-refractivity contribution in [2.24, 2.45) is 0 Å². The zero-order valence-electron chi connectivity index (χ0n) is 10.8. The lowest BCUT2D eigenvalue weighted by molar-refractivity contribution is -0.141. The Labute approximate surface area is 113 Å². The standard InChI is InChI=1S/C11H14F3N5O/c1-2-15-10-17-7(11(12,13)14)5-8(18-10)19-4-3-16-9(20)6-19/h5H,2-4,6H2,1H3,(H,16,20)(H,15,17,18). The molecule has 1 aliphatic rings. The highest BCUT2D eigenvalue weighted by Gasteiger charge is 2.34. The van der Waals surface area contributed by atoms with Gasteiger partial charge in [0.15, 0.2) is 5.69 Å². The van der Waals surface area contributed by atoms with E-state index in [0.29, 0.717) is 19.6 Å². The minimum Gasteiger partial charge on any atom is -0.354 e. The number of carbonyl (C=O) groups excluding carboxylic acids is 1. The molecule has 20 heavy (non-hydrogen) atoms. The summed E-state index contributed by atoms with van der Waals surface area (Å²) in [6, 6.07) is 0.861. The van der Waals surface area contributed by atoms with E-state index >= 15 is 0 Å². The highest BCUT2D eigenvalue weighted by molar-refractivity contribution is 5.82. The minimum atomic E-state index is -4.56. The van der Waals surface area contributed by atoms with Gasteiger partial charge in [-0.15, -0.1) is 0 Å². The van der Waals surface area contributed by atoms with Crippen LogP contribution in [0.4, 0.5) is 24.9 Å². The lowest BCUT2D eigenvalue weighted by atomic mass is 10.3. The average Bonchev–Trinajstić information content (AvgIpc) is 2.38. The van der Waals surface area contributed by atoms with Crippen molar-refractivity contribution in [3.8, 4) is 0 Å². The van der Waals surface area contributed by atoms with Crippen LogP contribution in [0.25, 0.3) is 0 Å². The van der Waals surface area contributed by atoms with Crippen molar-refractivity contribution >= 4 is 17.7 Å². The topological polar surface area (TPSA) is 70.2 Å². The SMILES string of the molecule is CCNc1nc(N2CCNC(=O)C2)cc(C(F)(F)F)n1. The second kappa shape index (κ2) is 5.51. The molecule has 0 unspecified atom stereocenters. The first kappa shape index (κ1) is 14.4. The number of nitrogens with zero attached hydrogens (tertiary/aromatic N) is 3. The van der Waals surface area contributed by atoms with E-state index in [2.05, 4.69) is 20.6 Å². The summed E-state index contributed by atoms with van der Waals surface area (Å²) in [7, 11) is 0. The summed E-state index contributed by atoms with van der Waals surface area (Å²) < 4.78 is 38.4. The molecule has 9 heteroatoms. The quantitative estimate of drug-likeness (QED) is 0.864. The van der Waals surface area contributed by atoms with Crippen molar-refractivity contribution in [2.45, 2.75) is 13.1 Å². The highest BCUT2D eigenvalue weighted by atomic mass is 19.4. The van der Waals surface area contributed by atoms with E-state index < -0.39 is 11.9 Å². The second-order valence-electron chi connectivity index (χ2n) is 4.23. The summed E-state index contributed by atoms with van der Waals surface area (Å²) in [4.78, 5) is 20.3. The maximum Gasteiger partial charge on any atom is 0.433 e. The van der Waals surface area contributed by atoms with Gasteiger partial charge in [-0.3, -0.25) is 4.79 Å². The van der Waals surface area contributed by atoms with Crippen LogP contribution in [-0.4, -0.2) is 42.1 Å². The number of hydrogen-bond donors (Lipinski definition) is 2. The Balaban J connectivity index is 2.35. The van der Waals surface area contributed by atoms with Gasteiger partial charge >= 0.3 is 6.18 Å². The molecule has 0 radical (unpaired) electrons. The van der Waals surface area contributed by atoms with Gasteiger partial charge in [0.25, 0.3) is 0 Å². The molecular formula is C11H14F3N5O. The predicted molar refractivity (Wildman–Crippen MR) is 66.4 cm³/mol. The molecule has 1 saturated heterocycles. The summed E-state index contributed by atoms with van der Waals surface area (Å²) in [6.07, 6.45) is -4.56. The minimum absolute atomic E-state index is 0.0140. The number of rotatable bonds is 3. The zero-order chi connectivity index (χ0) is 14.8. The Morgan fingerprint density at radius 1 is 1.45 bits per heavy atom. The van der Waals surface area contributed by atoms with E-state index in [1.165, 1.54) is 4.90 Å². The van der Waals surface area contributed by atoms with Gasteiger partial charge in [0, 0.05) is 25.7 Å².